The summed E-state index contributed by atoms with van der Waals surface area (Å²) in [6, 6.07) is 0. The fourth-order valence-corrected chi connectivity index (χ4v) is 1.39. The minimum atomic E-state index is -2.86. The molecule has 0 amide bonds. The molecule has 0 spiro atoms. The van der Waals surface area contributed by atoms with E-state index in [0.29, 0.717) is 6.42 Å². The molecule has 64 valence electrons. The fraction of sp³-hybridized carbons (Fsp3) is 0.750. The van der Waals surface area contributed by atoms with Crippen molar-refractivity contribution >= 4 is 9.84 Å². The Labute approximate surface area is 68.9 Å². The van der Waals surface area contributed by atoms with Crippen LogP contribution in [0.2, 0.25) is 0 Å². The Kier molecular flexibility index (Phi) is 3.13. The molecule has 0 N–H and O–H groups in total. The van der Waals surface area contributed by atoms with Crippen molar-refractivity contribution < 1.29 is 8.42 Å². The van der Waals surface area contributed by atoms with Crippen molar-refractivity contribution in [2.24, 2.45) is 5.41 Å². The highest BCUT2D eigenvalue weighted by Crippen LogP contribution is 2.18. The lowest BCUT2D eigenvalue weighted by Gasteiger charge is -2.15. The van der Waals surface area contributed by atoms with E-state index in [0.717, 1.165) is 0 Å². The van der Waals surface area contributed by atoms with Gasteiger partial charge in [0, 0.05) is 11.7 Å². The summed E-state index contributed by atoms with van der Waals surface area (Å²) in [5.41, 5.74) is -0.302. The fourth-order valence-electron chi connectivity index (χ4n) is 0.513. The molecule has 0 aromatic rings. The summed E-state index contributed by atoms with van der Waals surface area (Å²) in [7, 11) is -2.86. The van der Waals surface area contributed by atoms with Crippen LogP contribution in [0.1, 0.15) is 20.3 Å². The first-order chi connectivity index (χ1) is 4.77. The molecule has 0 unspecified atom stereocenters. The predicted molar refractivity (Wildman–Crippen MR) is 46.9 cm³/mol. The molecule has 0 fully saturated rings. The second kappa shape index (κ2) is 3.27. The van der Waals surface area contributed by atoms with E-state index >= 15 is 0 Å². The van der Waals surface area contributed by atoms with Crippen molar-refractivity contribution in [1.82, 2.24) is 0 Å². The van der Waals surface area contributed by atoms with E-state index in [1.165, 1.54) is 6.26 Å². The third kappa shape index (κ3) is 5.93. The van der Waals surface area contributed by atoms with Gasteiger partial charge < -0.3 is 0 Å². The normalized spacial score (nSPS) is 12.5. The molecule has 0 saturated carbocycles. The van der Waals surface area contributed by atoms with Crippen LogP contribution < -0.4 is 0 Å². The monoisotopic (exact) mass is 174 g/mol. The lowest BCUT2D eigenvalue weighted by atomic mass is 9.92. The Morgan fingerprint density at radius 2 is 1.91 bits per heavy atom. The van der Waals surface area contributed by atoms with E-state index in [2.05, 4.69) is 5.92 Å². The van der Waals surface area contributed by atoms with Crippen LogP contribution >= 0.6 is 0 Å². The lowest BCUT2D eigenvalue weighted by Crippen LogP contribution is -2.14. The molecule has 0 aliphatic heterocycles. The molecule has 0 aliphatic carbocycles. The largest absolute Gasteiger partial charge is 0.229 e. The van der Waals surface area contributed by atoms with Gasteiger partial charge in [-0.15, -0.1) is 12.3 Å². The van der Waals surface area contributed by atoms with Gasteiger partial charge >= 0.3 is 0 Å². The van der Waals surface area contributed by atoms with E-state index in [-0.39, 0.29) is 11.2 Å². The Morgan fingerprint density at radius 1 is 1.45 bits per heavy atom. The van der Waals surface area contributed by atoms with Gasteiger partial charge in [-0.05, 0) is 20.3 Å². The molecule has 2 nitrogen and oxygen atoms in total. The minimum absolute atomic E-state index is 0.171. The average Bonchev–Trinajstić information content (AvgIpc) is 1.83. The molecular weight excluding hydrogens is 160 g/mol. The third-order valence-corrected chi connectivity index (χ3v) is 2.43. The van der Waals surface area contributed by atoms with Crippen LogP contribution in [0.25, 0.3) is 0 Å². The van der Waals surface area contributed by atoms with Gasteiger partial charge in [0.1, 0.15) is 9.84 Å². The molecule has 0 heterocycles. The Balaban J connectivity index is 4.03. The highest BCUT2D eigenvalue weighted by Gasteiger charge is 2.16. The van der Waals surface area contributed by atoms with E-state index in [1.54, 1.807) is 0 Å². The van der Waals surface area contributed by atoms with Gasteiger partial charge in [-0.2, -0.15) is 0 Å². The number of terminal acetylenes is 1. The second-order valence-electron chi connectivity index (χ2n) is 3.41. The smallest absolute Gasteiger partial charge is 0.147 e. The zero-order valence-electron chi connectivity index (χ0n) is 7.22. The summed E-state index contributed by atoms with van der Waals surface area (Å²) in [4.78, 5) is 0. The highest BCUT2D eigenvalue weighted by molar-refractivity contribution is 7.90. The minimum Gasteiger partial charge on any atom is -0.229 e. The standard InChI is InChI=1S/C8H14O2S/c1-5-8(2,3)6-7-11(4,9)10/h1H,6-7H2,2-4H3. The summed E-state index contributed by atoms with van der Waals surface area (Å²) < 4.78 is 21.5. The van der Waals surface area contributed by atoms with Gasteiger partial charge in [0.15, 0.2) is 0 Å². The van der Waals surface area contributed by atoms with Crippen LogP contribution in [-0.4, -0.2) is 20.4 Å². The second-order valence-corrected chi connectivity index (χ2v) is 5.67. The van der Waals surface area contributed by atoms with E-state index in [9.17, 15) is 8.42 Å². The predicted octanol–water partition coefficient (Wildman–Crippen LogP) is 1.08. The summed E-state index contributed by atoms with van der Waals surface area (Å²) in [6.07, 6.45) is 6.94. The van der Waals surface area contributed by atoms with Gasteiger partial charge in [-0.1, -0.05) is 0 Å². The van der Waals surface area contributed by atoms with Crippen molar-refractivity contribution in [3.05, 3.63) is 0 Å². The van der Waals surface area contributed by atoms with Crippen molar-refractivity contribution in [3.8, 4) is 12.3 Å². The summed E-state index contributed by atoms with van der Waals surface area (Å²) >= 11 is 0. The SMILES string of the molecule is C#CC(C)(C)CCS(C)(=O)=O. The molecule has 0 saturated heterocycles. The van der Waals surface area contributed by atoms with Gasteiger partial charge in [-0.25, -0.2) is 8.42 Å². The average molecular weight is 174 g/mol. The lowest BCUT2D eigenvalue weighted by molar-refractivity contribution is 0.481. The van der Waals surface area contributed by atoms with Crippen LogP contribution in [0.4, 0.5) is 0 Å². The zero-order valence-corrected chi connectivity index (χ0v) is 8.03. The van der Waals surface area contributed by atoms with E-state index < -0.39 is 9.84 Å². The molecule has 0 aliphatic rings. The maximum Gasteiger partial charge on any atom is 0.147 e. The molecule has 0 aromatic heterocycles. The summed E-state index contributed by atoms with van der Waals surface area (Å²) in [5, 5.41) is 0. The van der Waals surface area contributed by atoms with Gasteiger partial charge in [0.05, 0.1) is 5.75 Å². The van der Waals surface area contributed by atoms with Crippen molar-refractivity contribution in [2.45, 2.75) is 20.3 Å². The molecule has 0 aromatic carbocycles. The van der Waals surface area contributed by atoms with Crippen LogP contribution in [0, 0.1) is 17.8 Å². The molecule has 3 heteroatoms. The van der Waals surface area contributed by atoms with Crippen LogP contribution in [0.5, 0.6) is 0 Å². The Hall–Kier alpha value is -0.490. The van der Waals surface area contributed by atoms with Crippen LogP contribution in [0.3, 0.4) is 0 Å². The summed E-state index contributed by atoms with van der Waals surface area (Å²) in [5.74, 6) is 2.72. The first-order valence-electron chi connectivity index (χ1n) is 3.42. The molecule has 0 rings (SSSR count). The number of rotatable bonds is 3. The quantitative estimate of drug-likeness (QED) is 0.600. The Morgan fingerprint density at radius 3 is 2.18 bits per heavy atom. The van der Waals surface area contributed by atoms with Gasteiger partial charge in [-0.3, -0.25) is 0 Å². The number of hydrogen-bond donors (Lipinski definition) is 0. The van der Waals surface area contributed by atoms with Crippen LogP contribution in [0.15, 0.2) is 0 Å². The molecular formula is C8H14O2S. The first-order valence-corrected chi connectivity index (χ1v) is 5.48. The van der Waals surface area contributed by atoms with Crippen molar-refractivity contribution in [2.75, 3.05) is 12.0 Å². The van der Waals surface area contributed by atoms with E-state index in [1.807, 2.05) is 13.8 Å². The maximum absolute atomic E-state index is 10.7. The van der Waals surface area contributed by atoms with Crippen LogP contribution in [-0.2, 0) is 9.84 Å². The third-order valence-electron chi connectivity index (χ3n) is 1.49. The number of hydrogen-bond acceptors (Lipinski definition) is 2. The van der Waals surface area contributed by atoms with Gasteiger partial charge in [0.2, 0.25) is 0 Å². The highest BCUT2D eigenvalue weighted by atomic mass is 32.2. The molecule has 0 atom stereocenters. The Bertz CT molecular complexity index is 254. The molecule has 11 heavy (non-hydrogen) atoms. The number of sulfone groups is 1. The first kappa shape index (κ1) is 10.5. The topological polar surface area (TPSA) is 34.1 Å². The molecule has 0 radical (unpaired) electrons. The summed E-state index contributed by atoms with van der Waals surface area (Å²) in [6.45, 7) is 3.72. The zero-order chi connectivity index (χ0) is 9.12. The van der Waals surface area contributed by atoms with E-state index in [4.69, 9.17) is 6.42 Å². The maximum atomic E-state index is 10.7. The van der Waals surface area contributed by atoms with Gasteiger partial charge in [0.25, 0.3) is 0 Å². The molecule has 0 bridgehead atoms. The van der Waals surface area contributed by atoms with Crippen molar-refractivity contribution in [3.63, 3.8) is 0 Å². The van der Waals surface area contributed by atoms with Crippen molar-refractivity contribution in [1.29, 1.82) is 0 Å².